The summed E-state index contributed by atoms with van der Waals surface area (Å²) >= 11 is 0. The highest BCUT2D eigenvalue weighted by Gasteiger charge is 2.38. The quantitative estimate of drug-likeness (QED) is 0.719. The number of alkyl halides is 3. The number of hydrogen-bond donors (Lipinski definition) is 1. The van der Waals surface area contributed by atoms with Crippen molar-refractivity contribution in [1.29, 1.82) is 0 Å². The Morgan fingerprint density at radius 3 is 2.59 bits per heavy atom. The van der Waals surface area contributed by atoms with Crippen molar-refractivity contribution in [2.24, 2.45) is 0 Å². The summed E-state index contributed by atoms with van der Waals surface area (Å²) < 4.78 is 40.4. The molecule has 152 valence electrons. The minimum absolute atomic E-state index is 0.0721. The second-order valence-electron chi connectivity index (χ2n) is 6.96. The third-order valence-electron chi connectivity index (χ3n) is 5.21. The number of aryl methyl sites for hydroxylation is 2. The topological polar surface area (TPSA) is 75.4 Å². The normalized spacial score (nSPS) is 14.4. The molecule has 0 saturated heterocycles. The van der Waals surface area contributed by atoms with Crippen LogP contribution in [0, 0.1) is 13.8 Å². The van der Waals surface area contributed by atoms with Crippen molar-refractivity contribution < 1.29 is 18.0 Å². The SMILES string of the molecule is CCN1C(=O)CCc2cc(Nc3nn4c(C(F)(F)F)nnc4c(C)c3C)ccc21. The highest BCUT2D eigenvalue weighted by Crippen LogP contribution is 2.33. The summed E-state index contributed by atoms with van der Waals surface area (Å²) in [7, 11) is 0. The summed E-state index contributed by atoms with van der Waals surface area (Å²) in [6.45, 7) is 5.96. The molecule has 0 atom stereocenters. The molecule has 0 spiro atoms. The molecule has 0 fully saturated rings. The molecular weight excluding hydrogens is 385 g/mol. The van der Waals surface area contributed by atoms with E-state index in [1.165, 1.54) is 0 Å². The van der Waals surface area contributed by atoms with E-state index in [0.717, 1.165) is 15.8 Å². The number of rotatable bonds is 3. The molecule has 1 N–H and O–H groups in total. The van der Waals surface area contributed by atoms with Crippen LogP contribution in [0.1, 0.15) is 35.9 Å². The maximum atomic E-state index is 13.2. The Bertz CT molecular complexity index is 1120. The summed E-state index contributed by atoms with van der Waals surface area (Å²) in [4.78, 5) is 13.8. The second kappa shape index (κ2) is 6.71. The van der Waals surface area contributed by atoms with Crippen LogP contribution in [0.3, 0.4) is 0 Å². The van der Waals surface area contributed by atoms with Gasteiger partial charge in [0.1, 0.15) is 0 Å². The molecule has 0 aliphatic carbocycles. The van der Waals surface area contributed by atoms with Crippen molar-refractivity contribution in [2.75, 3.05) is 16.8 Å². The first-order valence-electron chi connectivity index (χ1n) is 9.20. The van der Waals surface area contributed by atoms with Crippen molar-refractivity contribution >= 4 is 28.7 Å². The Balaban J connectivity index is 1.75. The van der Waals surface area contributed by atoms with Gasteiger partial charge in [-0.15, -0.1) is 15.3 Å². The first kappa shape index (κ1) is 19.2. The monoisotopic (exact) mass is 404 g/mol. The molecule has 10 heteroatoms. The van der Waals surface area contributed by atoms with Gasteiger partial charge in [0, 0.05) is 35.5 Å². The summed E-state index contributed by atoms with van der Waals surface area (Å²) in [5, 5.41) is 14.1. The Labute approximate surface area is 164 Å². The van der Waals surface area contributed by atoms with Crippen LogP contribution in [0.15, 0.2) is 18.2 Å². The number of carbonyl (C=O) groups excluding carboxylic acids is 1. The zero-order chi connectivity index (χ0) is 20.9. The molecule has 0 saturated carbocycles. The van der Waals surface area contributed by atoms with Gasteiger partial charge in [0.05, 0.1) is 0 Å². The molecule has 1 aromatic carbocycles. The maximum Gasteiger partial charge on any atom is 0.453 e. The smallest absolute Gasteiger partial charge is 0.339 e. The lowest BCUT2D eigenvalue weighted by atomic mass is 10.0. The van der Waals surface area contributed by atoms with E-state index in [4.69, 9.17) is 0 Å². The third-order valence-corrected chi connectivity index (χ3v) is 5.21. The number of aromatic nitrogens is 4. The van der Waals surface area contributed by atoms with Crippen LogP contribution >= 0.6 is 0 Å². The minimum atomic E-state index is -4.66. The lowest BCUT2D eigenvalue weighted by Gasteiger charge is -2.28. The molecule has 0 radical (unpaired) electrons. The van der Waals surface area contributed by atoms with Crippen LogP contribution in [0.4, 0.5) is 30.4 Å². The van der Waals surface area contributed by atoms with E-state index in [9.17, 15) is 18.0 Å². The van der Waals surface area contributed by atoms with Gasteiger partial charge < -0.3 is 10.2 Å². The van der Waals surface area contributed by atoms with E-state index in [1.54, 1.807) is 24.8 Å². The van der Waals surface area contributed by atoms with Gasteiger partial charge in [-0.25, -0.2) is 0 Å². The number of nitrogens with zero attached hydrogens (tertiary/aromatic N) is 5. The number of anilines is 3. The molecule has 3 aromatic rings. The molecule has 29 heavy (non-hydrogen) atoms. The number of carbonyl (C=O) groups is 1. The van der Waals surface area contributed by atoms with Crippen molar-refractivity contribution in [2.45, 2.75) is 39.8 Å². The van der Waals surface area contributed by atoms with Crippen LogP contribution in [-0.2, 0) is 17.4 Å². The first-order valence-corrected chi connectivity index (χ1v) is 9.20. The number of benzene rings is 1. The molecule has 1 amide bonds. The van der Waals surface area contributed by atoms with Gasteiger partial charge in [0.2, 0.25) is 5.91 Å². The number of nitrogens with one attached hydrogen (secondary N) is 1. The Morgan fingerprint density at radius 2 is 1.90 bits per heavy atom. The predicted octanol–water partition coefficient (Wildman–Crippen LogP) is 3.80. The Kier molecular flexibility index (Phi) is 4.44. The molecule has 1 aliphatic heterocycles. The summed E-state index contributed by atoms with van der Waals surface area (Å²) in [6.07, 6.45) is -3.61. The van der Waals surface area contributed by atoms with Gasteiger partial charge in [-0.2, -0.15) is 17.7 Å². The van der Waals surface area contributed by atoms with Crippen molar-refractivity contribution in [3.63, 3.8) is 0 Å². The molecule has 3 heterocycles. The highest BCUT2D eigenvalue weighted by molar-refractivity contribution is 5.96. The predicted molar refractivity (Wildman–Crippen MR) is 101 cm³/mol. The van der Waals surface area contributed by atoms with Gasteiger partial charge in [0.15, 0.2) is 11.5 Å². The van der Waals surface area contributed by atoms with E-state index in [2.05, 4.69) is 20.6 Å². The lowest BCUT2D eigenvalue weighted by molar-refractivity contribution is -0.146. The van der Waals surface area contributed by atoms with Crippen molar-refractivity contribution in [3.05, 3.63) is 40.7 Å². The Hall–Kier alpha value is -3.17. The number of amides is 1. The third kappa shape index (κ3) is 3.18. The zero-order valence-electron chi connectivity index (χ0n) is 16.1. The number of halogens is 3. The van der Waals surface area contributed by atoms with Gasteiger partial charge in [0.25, 0.3) is 5.82 Å². The summed E-state index contributed by atoms with van der Waals surface area (Å²) in [5.74, 6) is -0.785. The summed E-state index contributed by atoms with van der Waals surface area (Å²) in [6, 6.07) is 5.54. The fourth-order valence-corrected chi connectivity index (χ4v) is 3.55. The van der Waals surface area contributed by atoms with E-state index < -0.39 is 12.0 Å². The van der Waals surface area contributed by atoms with Crippen LogP contribution in [0.25, 0.3) is 5.65 Å². The molecule has 0 bridgehead atoms. The second-order valence-corrected chi connectivity index (χ2v) is 6.96. The highest BCUT2D eigenvalue weighted by atomic mass is 19.4. The average molecular weight is 404 g/mol. The van der Waals surface area contributed by atoms with Crippen LogP contribution < -0.4 is 10.2 Å². The van der Waals surface area contributed by atoms with Crippen molar-refractivity contribution in [1.82, 2.24) is 19.8 Å². The molecule has 2 aromatic heterocycles. The van der Waals surface area contributed by atoms with Crippen molar-refractivity contribution in [3.8, 4) is 0 Å². The van der Waals surface area contributed by atoms with E-state index in [-0.39, 0.29) is 11.6 Å². The lowest BCUT2D eigenvalue weighted by Crippen LogP contribution is -2.34. The van der Waals surface area contributed by atoms with Crippen LogP contribution in [0.5, 0.6) is 0 Å². The van der Waals surface area contributed by atoms with Gasteiger partial charge >= 0.3 is 6.18 Å². The Morgan fingerprint density at radius 1 is 1.14 bits per heavy atom. The van der Waals surface area contributed by atoms with Gasteiger partial charge in [-0.3, -0.25) is 4.79 Å². The molecule has 4 rings (SSSR count). The summed E-state index contributed by atoms with van der Waals surface area (Å²) in [5.41, 5.74) is 3.87. The zero-order valence-corrected chi connectivity index (χ0v) is 16.1. The van der Waals surface area contributed by atoms with Gasteiger partial charge in [-0.05, 0) is 51.0 Å². The van der Waals surface area contributed by atoms with E-state index >= 15 is 0 Å². The fourth-order valence-electron chi connectivity index (χ4n) is 3.55. The standard InChI is InChI=1S/C19H19F3N6O/c1-4-27-14-7-6-13(9-12(14)5-8-15(27)29)23-16-10(2)11(3)17-24-25-18(19(20,21)22)28(17)26-16/h6-7,9H,4-5,8H2,1-3H3,(H,23,26). The fraction of sp³-hybridized carbons (Fsp3) is 0.368. The van der Waals surface area contributed by atoms with Crippen LogP contribution in [0.2, 0.25) is 0 Å². The number of fused-ring (bicyclic) bond motifs is 2. The number of hydrogen-bond acceptors (Lipinski definition) is 5. The van der Waals surface area contributed by atoms with E-state index in [1.807, 2.05) is 19.1 Å². The first-order chi connectivity index (χ1) is 13.7. The van der Waals surface area contributed by atoms with Gasteiger partial charge in [-0.1, -0.05) is 0 Å². The molecule has 1 aliphatic rings. The molecule has 7 nitrogen and oxygen atoms in total. The molecular formula is C19H19F3N6O. The minimum Gasteiger partial charge on any atom is -0.339 e. The van der Waals surface area contributed by atoms with Crippen LogP contribution in [-0.4, -0.2) is 32.3 Å². The largest absolute Gasteiger partial charge is 0.453 e. The molecule has 0 unspecified atom stereocenters. The maximum absolute atomic E-state index is 13.2. The van der Waals surface area contributed by atoms with E-state index in [0.29, 0.717) is 42.0 Å². The average Bonchev–Trinajstić information content (AvgIpc) is 3.10.